The number of nitrogens with zero attached hydrogens (tertiary/aromatic N) is 4. The second kappa shape index (κ2) is 2.89. The Balaban J connectivity index is 2.10. The fourth-order valence-electron chi connectivity index (χ4n) is 1.77. The van der Waals surface area contributed by atoms with Crippen LogP contribution in [-0.2, 0) is 0 Å². The molecule has 0 bridgehead atoms. The van der Waals surface area contributed by atoms with E-state index >= 15 is 0 Å². The molecule has 3 N–H and O–H groups in total. The highest BCUT2D eigenvalue weighted by Gasteiger charge is 2.23. The quantitative estimate of drug-likeness (QED) is 0.702. The first-order chi connectivity index (χ1) is 6.84. The van der Waals surface area contributed by atoms with E-state index in [1.54, 1.807) is 4.52 Å². The van der Waals surface area contributed by atoms with Crippen LogP contribution in [0.5, 0.6) is 0 Å². The summed E-state index contributed by atoms with van der Waals surface area (Å²) in [6, 6.07) is 0.284. The summed E-state index contributed by atoms with van der Waals surface area (Å²) in [7, 11) is 0. The Morgan fingerprint density at radius 3 is 3.21 bits per heavy atom. The largest absolute Gasteiger partial charge is 0.374 e. The fourth-order valence-corrected chi connectivity index (χ4v) is 2.38. The van der Waals surface area contributed by atoms with Gasteiger partial charge in [-0.25, -0.2) is 0 Å². The van der Waals surface area contributed by atoms with Crippen molar-refractivity contribution in [2.24, 2.45) is 0 Å². The number of rotatable bonds is 1. The smallest absolute Gasteiger partial charge is 0.236 e. The van der Waals surface area contributed by atoms with Gasteiger partial charge in [-0.3, -0.25) is 0 Å². The minimum Gasteiger partial charge on any atom is -0.374 e. The van der Waals surface area contributed by atoms with Crippen molar-refractivity contribution in [2.45, 2.75) is 18.9 Å². The standard InChI is InChI=1S/C7H10N6S/c8-6-12-13-5(4-2-1-3-9-4)10-11-7(13)14-6/h4,9H,1-3H2,(H2,8,12). The molecule has 0 saturated carbocycles. The molecule has 0 amide bonds. The van der Waals surface area contributed by atoms with Crippen LogP contribution in [0.1, 0.15) is 24.7 Å². The van der Waals surface area contributed by atoms with Crippen molar-refractivity contribution in [3.05, 3.63) is 5.82 Å². The van der Waals surface area contributed by atoms with Gasteiger partial charge >= 0.3 is 0 Å². The van der Waals surface area contributed by atoms with Gasteiger partial charge in [-0.15, -0.1) is 15.3 Å². The zero-order valence-corrected chi connectivity index (χ0v) is 8.29. The summed E-state index contributed by atoms with van der Waals surface area (Å²) in [6.07, 6.45) is 2.28. The van der Waals surface area contributed by atoms with Crippen molar-refractivity contribution in [2.75, 3.05) is 12.3 Å². The molecule has 0 aliphatic carbocycles. The molecule has 14 heavy (non-hydrogen) atoms. The van der Waals surface area contributed by atoms with Gasteiger partial charge in [0.25, 0.3) is 0 Å². The van der Waals surface area contributed by atoms with Crippen LogP contribution in [0.2, 0.25) is 0 Å². The SMILES string of the molecule is Nc1nn2c(C3CCCN3)nnc2s1. The molecule has 0 aromatic carbocycles. The van der Waals surface area contributed by atoms with Crippen LogP contribution in [0, 0.1) is 0 Å². The monoisotopic (exact) mass is 210 g/mol. The van der Waals surface area contributed by atoms with E-state index in [-0.39, 0.29) is 6.04 Å². The molecule has 2 aromatic rings. The summed E-state index contributed by atoms with van der Waals surface area (Å²) in [5.41, 5.74) is 5.60. The molecule has 1 saturated heterocycles. The van der Waals surface area contributed by atoms with Crippen molar-refractivity contribution in [3.8, 4) is 0 Å². The van der Waals surface area contributed by atoms with Gasteiger partial charge in [-0.2, -0.15) is 4.52 Å². The van der Waals surface area contributed by atoms with Gasteiger partial charge < -0.3 is 11.1 Å². The first kappa shape index (κ1) is 8.13. The summed E-state index contributed by atoms with van der Waals surface area (Å²) in [5, 5.41) is 16.2. The van der Waals surface area contributed by atoms with Crippen LogP contribution in [0.3, 0.4) is 0 Å². The number of anilines is 1. The van der Waals surface area contributed by atoms with Crippen LogP contribution in [0.15, 0.2) is 0 Å². The number of nitrogens with one attached hydrogen (secondary N) is 1. The molecule has 1 aliphatic rings. The van der Waals surface area contributed by atoms with Crippen LogP contribution in [0.4, 0.5) is 5.13 Å². The summed E-state index contributed by atoms with van der Waals surface area (Å²) in [4.78, 5) is 0.770. The van der Waals surface area contributed by atoms with Gasteiger partial charge in [0, 0.05) is 0 Å². The lowest BCUT2D eigenvalue weighted by Gasteiger charge is -2.04. The van der Waals surface area contributed by atoms with E-state index in [1.807, 2.05) is 0 Å². The first-order valence-electron chi connectivity index (χ1n) is 4.55. The van der Waals surface area contributed by atoms with Crippen LogP contribution in [-0.4, -0.2) is 26.4 Å². The predicted molar refractivity (Wildman–Crippen MR) is 53.0 cm³/mol. The molecule has 1 aliphatic heterocycles. The molecule has 1 atom stereocenters. The zero-order chi connectivity index (χ0) is 9.54. The molecule has 6 nitrogen and oxygen atoms in total. The fraction of sp³-hybridized carbons (Fsp3) is 0.571. The lowest BCUT2D eigenvalue weighted by Crippen LogP contribution is -2.16. The maximum atomic E-state index is 5.60. The number of fused-ring (bicyclic) bond motifs is 1. The van der Waals surface area contributed by atoms with Gasteiger partial charge in [0.05, 0.1) is 6.04 Å². The number of hydrogen-bond donors (Lipinski definition) is 2. The second-order valence-corrected chi connectivity index (χ2v) is 4.33. The minimum absolute atomic E-state index is 0.284. The maximum absolute atomic E-state index is 5.60. The number of nitrogens with two attached hydrogens (primary N) is 1. The van der Waals surface area contributed by atoms with E-state index in [1.165, 1.54) is 17.8 Å². The summed E-state index contributed by atoms with van der Waals surface area (Å²) in [5.74, 6) is 0.880. The normalized spacial score (nSPS) is 22.1. The Morgan fingerprint density at radius 1 is 1.50 bits per heavy atom. The molecular weight excluding hydrogens is 200 g/mol. The molecule has 1 unspecified atom stereocenters. The summed E-state index contributed by atoms with van der Waals surface area (Å²) >= 11 is 1.36. The van der Waals surface area contributed by atoms with Gasteiger partial charge in [0.1, 0.15) is 0 Å². The van der Waals surface area contributed by atoms with E-state index in [4.69, 9.17) is 5.73 Å². The van der Waals surface area contributed by atoms with E-state index < -0.39 is 0 Å². The highest BCUT2D eigenvalue weighted by atomic mass is 32.1. The Kier molecular flexibility index (Phi) is 1.68. The molecule has 2 aromatic heterocycles. The number of aromatic nitrogens is 4. The predicted octanol–water partition coefficient (Wildman–Crippen LogP) is 0.192. The molecule has 0 radical (unpaired) electrons. The average Bonchev–Trinajstić information content (AvgIpc) is 2.77. The Bertz CT molecular complexity index is 454. The molecule has 3 heterocycles. The Hall–Kier alpha value is -1.21. The van der Waals surface area contributed by atoms with Crippen molar-refractivity contribution in [1.29, 1.82) is 0 Å². The van der Waals surface area contributed by atoms with Gasteiger partial charge in [-0.1, -0.05) is 11.3 Å². The third kappa shape index (κ3) is 1.09. The topological polar surface area (TPSA) is 81.1 Å². The van der Waals surface area contributed by atoms with Gasteiger partial charge in [0.15, 0.2) is 5.82 Å². The molecule has 74 valence electrons. The Morgan fingerprint density at radius 2 is 2.43 bits per heavy atom. The van der Waals surface area contributed by atoms with E-state index in [0.29, 0.717) is 5.13 Å². The van der Waals surface area contributed by atoms with Gasteiger partial charge in [-0.05, 0) is 19.4 Å². The van der Waals surface area contributed by atoms with Crippen LogP contribution < -0.4 is 11.1 Å². The van der Waals surface area contributed by atoms with Crippen molar-refractivity contribution in [1.82, 2.24) is 25.1 Å². The van der Waals surface area contributed by atoms with Crippen LogP contribution in [0.25, 0.3) is 4.96 Å². The molecule has 7 heteroatoms. The van der Waals surface area contributed by atoms with Crippen molar-refractivity contribution in [3.63, 3.8) is 0 Å². The molecule has 3 rings (SSSR count). The van der Waals surface area contributed by atoms with Gasteiger partial charge in [0.2, 0.25) is 10.1 Å². The van der Waals surface area contributed by atoms with E-state index in [9.17, 15) is 0 Å². The Labute approximate surface area is 84.1 Å². The molecule has 1 fully saturated rings. The van der Waals surface area contributed by atoms with Crippen LogP contribution >= 0.6 is 11.3 Å². The third-order valence-electron chi connectivity index (χ3n) is 2.40. The molecular formula is C7H10N6S. The minimum atomic E-state index is 0.284. The zero-order valence-electron chi connectivity index (χ0n) is 7.47. The average molecular weight is 210 g/mol. The van der Waals surface area contributed by atoms with E-state index in [2.05, 4.69) is 20.6 Å². The lowest BCUT2D eigenvalue weighted by molar-refractivity contribution is 0.586. The van der Waals surface area contributed by atoms with E-state index in [0.717, 1.165) is 23.8 Å². The summed E-state index contributed by atoms with van der Waals surface area (Å²) < 4.78 is 1.74. The maximum Gasteiger partial charge on any atom is 0.236 e. The first-order valence-corrected chi connectivity index (χ1v) is 5.37. The lowest BCUT2D eigenvalue weighted by atomic mass is 10.2. The second-order valence-electron chi connectivity index (χ2n) is 3.34. The molecule has 0 spiro atoms. The highest BCUT2D eigenvalue weighted by molar-refractivity contribution is 7.20. The number of nitrogen functional groups attached to an aromatic ring is 1. The summed E-state index contributed by atoms with van der Waals surface area (Å²) in [6.45, 7) is 1.04. The highest BCUT2D eigenvalue weighted by Crippen LogP contribution is 2.24. The van der Waals surface area contributed by atoms with Crippen molar-refractivity contribution < 1.29 is 0 Å². The number of hydrogen-bond acceptors (Lipinski definition) is 6. The van der Waals surface area contributed by atoms with Crippen molar-refractivity contribution >= 4 is 21.4 Å². The third-order valence-corrected chi connectivity index (χ3v) is 3.13.